The molecule has 120 valence electrons. The summed E-state index contributed by atoms with van der Waals surface area (Å²) >= 11 is 0. The third-order valence-corrected chi connectivity index (χ3v) is 5.11. The van der Waals surface area contributed by atoms with Gasteiger partial charge in [0.05, 0.1) is 0 Å². The summed E-state index contributed by atoms with van der Waals surface area (Å²) in [6, 6.07) is 0. The van der Waals surface area contributed by atoms with Crippen molar-refractivity contribution in [3.63, 3.8) is 0 Å². The molecule has 21 heavy (non-hydrogen) atoms. The van der Waals surface area contributed by atoms with Gasteiger partial charge in [0, 0.05) is 6.42 Å². The van der Waals surface area contributed by atoms with E-state index in [1.54, 1.807) is 11.1 Å². The summed E-state index contributed by atoms with van der Waals surface area (Å²) in [4.78, 5) is 10.5. The highest BCUT2D eigenvalue weighted by molar-refractivity contribution is 5.49. The number of aldehydes is 1. The molecule has 1 unspecified atom stereocenters. The molecular weight excluding hydrogens is 256 g/mol. The topological polar surface area (TPSA) is 17.1 Å². The molecule has 1 rings (SSSR count). The molecule has 0 aliphatic heterocycles. The van der Waals surface area contributed by atoms with E-state index in [-0.39, 0.29) is 0 Å². The second kappa shape index (κ2) is 8.56. The van der Waals surface area contributed by atoms with Crippen LogP contribution in [0.15, 0.2) is 22.8 Å². The van der Waals surface area contributed by atoms with Crippen molar-refractivity contribution in [3.05, 3.63) is 22.8 Å². The number of hydrogen-bond donors (Lipinski definition) is 0. The van der Waals surface area contributed by atoms with Gasteiger partial charge in [-0.3, -0.25) is 0 Å². The average molecular weight is 290 g/mol. The largest absolute Gasteiger partial charge is 0.303 e. The van der Waals surface area contributed by atoms with Gasteiger partial charge in [-0.25, -0.2) is 0 Å². The van der Waals surface area contributed by atoms with Gasteiger partial charge in [-0.1, -0.05) is 43.6 Å². The van der Waals surface area contributed by atoms with E-state index in [1.165, 1.54) is 37.7 Å². The minimum atomic E-state index is 0.404. The number of allylic oxidation sites excluding steroid dienone is 4. The normalized spacial score (nSPS) is 20.5. The lowest BCUT2D eigenvalue weighted by Crippen LogP contribution is -2.20. The van der Waals surface area contributed by atoms with Crippen LogP contribution in [-0.2, 0) is 4.79 Å². The van der Waals surface area contributed by atoms with Crippen LogP contribution in [-0.4, -0.2) is 6.29 Å². The van der Waals surface area contributed by atoms with Crippen LogP contribution < -0.4 is 0 Å². The van der Waals surface area contributed by atoms with Crippen molar-refractivity contribution in [3.8, 4) is 0 Å². The van der Waals surface area contributed by atoms with E-state index in [9.17, 15) is 4.79 Å². The molecule has 0 aromatic rings. The standard InChI is InChI=1S/C20H34O/c1-16(8-6-9-17(2)13-15-21)11-12-19-18(3)10-7-14-20(19,4)5/h8,15,17H,6-7,9-14H2,1-5H3/b16-8+. The Morgan fingerprint density at radius 1 is 1.38 bits per heavy atom. The van der Waals surface area contributed by atoms with Gasteiger partial charge in [0.2, 0.25) is 0 Å². The average Bonchev–Trinajstić information content (AvgIpc) is 2.37. The van der Waals surface area contributed by atoms with Crippen LogP contribution in [0.25, 0.3) is 0 Å². The predicted molar refractivity (Wildman–Crippen MR) is 92.4 cm³/mol. The minimum absolute atomic E-state index is 0.404. The Balaban J connectivity index is 2.45. The highest BCUT2D eigenvalue weighted by Crippen LogP contribution is 2.42. The Hall–Kier alpha value is -0.850. The summed E-state index contributed by atoms with van der Waals surface area (Å²) in [7, 11) is 0. The monoisotopic (exact) mass is 290 g/mol. The first-order valence-electron chi connectivity index (χ1n) is 8.65. The van der Waals surface area contributed by atoms with Crippen LogP contribution in [0.3, 0.4) is 0 Å². The zero-order valence-corrected chi connectivity index (χ0v) is 14.8. The Kier molecular flexibility index (Phi) is 7.42. The van der Waals surface area contributed by atoms with Crippen LogP contribution in [0, 0.1) is 11.3 Å². The first-order valence-corrected chi connectivity index (χ1v) is 8.65. The summed E-state index contributed by atoms with van der Waals surface area (Å²) in [6.07, 6.45) is 12.8. The van der Waals surface area contributed by atoms with Gasteiger partial charge in [0.1, 0.15) is 6.29 Å². The zero-order chi connectivity index (χ0) is 15.9. The molecule has 0 spiro atoms. The van der Waals surface area contributed by atoms with Crippen LogP contribution in [0.5, 0.6) is 0 Å². The summed E-state index contributed by atoms with van der Waals surface area (Å²) in [5.74, 6) is 0.522. The quantitative estimate of drug-likeness (QED) is 0.381. The van der Waals surface area contributed by atoms with Gasteiger partial charge in [0.25, 0.3) is 0 Å². The molecule has 1 aliphatic rings. The van der Waals surface area contributed by atoms with Crippen molar-refractivity contribution in [2.45, 2.75) is 86.0 Å². The lowest BCUT2D eigenvalue weighted by molar-refractivity contribution is -0.108. The van der Waals surface area contributed by atoms with Gasteiger partial charge >= 0.3 is 0 Å². The van der Waals surface area contributed by atoms with E-state index in [4.69, 9.17) is 0 Å². The molecular formula is C20H34O. The summed E-state index contributed by atoms with van der Waals surface area (Å²) < 4.78 is 0. The molecule has 1 nitrogen and oxygen atoms in total. The van der Waals surface area contributed by atoms with E-state index >= 15 is 0 Å². The second-order valence-corrected chi connectivity index (χ2v) is 7.63. The van der Waals surface area contributed by atoms with E-state index in [0.717, 1.165) is 19.1 Å². The lowest BCUT2D eigenvalue weighted by atomic mass is 9.71. The SMILES string of the molecule is CC1=C(CC/C(C)=C/CCC(C)CC=O)C(C)(C)CCC1. The Morgan fingerprint density at radius 3 is 2.71 bits per heavy atom. The fourth-order valence-corrected chi connectivity index (χ4v) is 3.55. The molecule has 0 saturated carbocycles. The number of hydrogen-bond acceptors (Lipinski definition) is 1. The smallest absolute Gasteiger partial charge is 0.120 e. The third-order valence-electron chi connectivity index (χ3n) is 5.11. The maximum Gasteiger partial charge on any atom is 0.120 e. The van der Waals surface area contributed by atoms with E-state index < -0.39 is 0 Å². The van der Waals surface area contributed by atoms with Crippen LogP contribution >= 0.6 is 0 Å². The van der Waals surface area contributed by atoms with Crippen molar-refractivity contribution in [1.82, 2.24) is 0 Å². The maximum absolute atomic E-state index is 10.5. The molecule has 0 aromatic heterocycles. The lowest BCUT2D eigenvalue weighted by Gasteiger charge is -2.35. The van der Waals surface area contributed by atoms with Crippen LogP contribution in [0.4, 0.5) is 0 Å². The highest BCUT2D eigenvalue weighted by atomic mass is 16.1. The highest BCUT2D eigenvalue weighted by Gasteiger charge is 2.27. The first kappa shape index (κ1) is 18.2. The minimum Gasteiger partial charge on any atom is -0.303 e. The molecule has 1 heteroatoms. The Labute approximate surface area is 131 Å². The molecule has 0 radical (unpaired) electrons. The van der Waals surface area contributed by atoms with Gasteiger partial charge in [0.15, 0.2) is 0 Å². The number of carbonyl (C=O) groups is 1. The predicted octanol–water partition coefficient (Wildman–Crippen LogP) is 6.24. The first-order chi connectivity index (χ1) is 9.86. The molecule has 0 amide bonds. The zero-order valence-electron chi connectivity index (χ0n) is 14.8. The van der Waals surface area contributed by atoms with E-state index in [2.05, 4.69) is 40.7 Å². The molecule has 0 N–H and O–H groups in total. The molecule has 0 fully saturated rings. The molecule has 0 saturated heterocycles. The Morgan fingerprint density at radius 2 is 2.10 bits per heavy atom. The second-order valence-electron chi connectivity index (χ2n) is 7.63. The Bertz CT molecular complexity index is 398. The van der Waals surface area contributed by atoms with E-state index in [0.29, 0.717) is 17.8 Å². The van der Waals surface area contributed by atoms with Crippen molar-refractivity contribution in [2.24, 2.45) is 11.3 Å². The van der Waals surface area contributed by atoms with Crippen LogP contribution in [0.1, 0.15) is 86.0 Å². The summed E-state index contributed by atoms with van der Waals surface area (Å²) in [6.45, 7) is 11.6. The van der Waals surface area contributed by atoms with Crippen molar-refractivity contribution in [2.75, 3.05) is 0 Å². The maximum atomic E-state index is 10.5. The van der Waals surface area contributed by atoms with Gasteiger partial charge in [-0.05, 0) is 70.1 Å². The van der Waals surface area contributed by atoms with Gasteiger partial charge in [-0.2, -0.15) is 0 Å². The van der Waals surface area contributed by atoms with Crippen molar-refractivity contribution in [1.29, 1.82) is 0 Å². The number of carbonyl (C=O) groups excluding carboxylic acids is 1. The summed E-state index contributed by atoms with van der Waals surface area (Å²) in [5, 5.41) is 0. The van der Waals surface area contributed by atoms with Gasteiger partial charge < -0.3 is 4.79 Å². The fourth-order valence-electron chi connectivity index (χ4n) is 3.55. The van der Waals surface area contributed by atoms with Gasteiger partial charge in [-0.15, -0.1) is 0 Å². The molecule has 0 bridgehead atoms. The van der Waals surface area contributed by atoms with E-state index in [1.807, 2.05) is 0 Å². The molecule has 1 atom stereocenters. The van der Waals surface area contributed by atoms with Crippen molar-refractivity contribution < 1.29 is 4.79 Å². The van der Waals surface area contributed by atoms with Crippen LogP contribution in [0.2, 0.25) is 0 Å². The molecule has 0 aromatic carbocycles. The van der Waals surface area contributed by atoms with Crippen molar-refractivity contribution >= 4 is 6.29 Å². The molecule has 1 aliphatic carbocycles. The molecule has 0 heterocycles. The fraction of sp³-hybridized carbons (Fsp3) is 0.750. The third kappa shape index (κ3) is 6.20. The summed E-state index contributed by atoms with van der Waals surface area (Å²) in [5.41, 5.74) is 5.26. The number of rotatable bonds is 8.